The molecule has 0 aliphatic carbocycles. The topological polar surface area (TPSA) is 57.8 Å². The highest BCUT2D eigenvalue weighted by Gasteiger charge is 2.20. The van der Waals surface area contributed by atoms with Crippen LogP contribution in [0.4, 0.5) is 0 Å². The van der Waals surface area contributed by atoms with Gasteiger partial charge < -0.3 is 5.32 Å². The highest BCUT2D eigenvalue weighted by atomic mass is 16.1. The van der Waals surface area contributed by atoms with Gasteiger partial charge in [0.2, 0.25) is 0 Å². The Morgan fingerprint density at radius 3 is 3.29 bits per heavy atom. The first kappa shape index (κ1) is 9.40. The lowest BCUT2D eigenvalue weighted by molar-refractivity contribution is 0.452. The Balaban J connectivity index is 2.34. The van der Waals surface area contributed by atoms with Crippen molar-refractivity contribution in [1.82, 2.24) is 15.5 Å². The second-order valence-corrected chi connectivity index (χ2v) is 3.69. The van der Waals surface area contributed by atoms with Crippen molar-refractivity contribution in [3.63, 3.8) is 0 Å². The third kappa shape index (κ3) is 1.70. The van der Waals surface area contributed by atoms with Crippen LogP contribution in [-0.4, -0.2) is 16.7 Å². The maximum absolute atomic E-state index is 11.1. The Kier molecular flexibility index (Phi) is 2.63. The molecule has 0 bridgehead atoms. The molecule has 0 fully saturated rings. The molecule has 76 valence electrons. The molecule has 0 radical (unpaired) electrons. The predicted molar refractivity (Wildman–Crippen MR) is 54.2 cm³/mol. The highest BCUT2D eigenvalue weighted by molar-refractivity contribution is 5.23. The van der Waals surface area contributed by atoms with Gasteiger partial charge >= 0.3 is 0 Å². The van der Waals surface area contributed by atoms with E-state index in [1.54, 1.807) is 6.07 Å². The van der Waals surface area contributed by atoms with Crippen LogP contribution in [0, 0.1) is 0 Å². The van der Waals surface area contributed by atoms with Crippen molar-refractivity contribution in [2.75, 3.05) is 6.54 Å². The van der Waals surface area contributed by atoms with Crippen LogP contribution in [0.5, 0.6) is 0 Å². The van der Waals surface area contributed by atoms with Gasteiger partial charge in [-0.3, -0.25) is 4.79 Å². The van der Waals surface area contributed by atoms with Gasteiger partial charge in [0.1, 0.15) is 0 Å². The summed E-state index contributed by atoms with van der Waals surface area (Å²) in [5.74, 6) is 0. The lowest BCUT2D eigenvalue weighted by Crippen LogP contribution is -2.32. The average Bonchev–Trinajstić information content (AvgIpc) is 2.18. The number of hydrogen-bond acceptors (Lipinski definition) is 3. The van der Waals surface area contributed by atoms with E-state index in [2.05, 4.69) is 22.4 Å². The van der Waals surface area contributed by atoms with Crippen LogP contribution >= 0.6 is 0 Å². The molecular formula is C10H15N3O. The fourth-order valence-corrected chi connectivity index (χ4v) is 1.96. The Morgan fingerprint density at radius 2 is 2.50 bits per heavy atom. The molecule has 0 saturated carbocycles. The summed E-state index contributed by atoms with van der Waals surface area (Å²) < 4.78 is 0. The monoisotopic (exact) mass is 193 g/mol. The molecule has 1 aromatic rings. The molecule has 0 saturated heterocycles. The van der Waals surface area contributed by atoms with Gasteiger partial charge in [-0.25, -0.2) is 5.10 Å². The summed E-state index contributed by atoms with van der Waals surface area (Å²) in [6.45, 7) is 3.10. The number of rotatable bonds is 2. The van der Waals surface area contributed by atoms with Crippen molar-refractivity contribution in [2.24, 2.45) is 0 Å². The molecule has 1 aliphatic rings. The van der Waals surface area contributed by atoms with Gasteiger partial charge in [0.05, 0.1) is 11.7 Å². The standard InChI is InChI=1S/C10H15N3O/c1-2-3-8-10-7(4-5-11-8)6-9(14)12-13-10/h6,8,11H,2-5H2,1H3,(H,12,14). The number of hydrogen-bond donors (Lipinski definition) is 2. The van der Waals surface area contributed by atoms with Gasteiger partial charge in [-0.15, -0.1) is 0 Å². The van der Waals surface area contributed by atoms with Crippen molar-refractivity contribution >= 4 is 0 Å². The quantitative estimate of drug-likeness (QED) is 0.729. The lowest BCUT2D eigenvalue weighted by atomic mass is 9.98. The summed E-state index contributed by atoms with van der Waals surface area (Å²) in [4.78, 5) is 11.1. The Hall–Kier alpha value is -1.16. The molecule has 4 heteroatoms. The normalized spacial score (nSPS) is 20.5. The van der Waals surface area contributed by atoms with Crippen LogP contribution in [0.25, 0.3) is 0 Å². The van der Waals surface area contributed by atoms with Gasteiger partial charge in [0.15, 0.2) is 0 Å². The van der Waals surface area contributed by atoms with Crippen molar-refractivity contribution in [3.05, 3.63) is 27.7 Å². The Morgan fingerprint density at radius 1 is 1.64 bits per heavy atom. The molecule has 1 unspecified atom stereocenters. The largest absolute Gasteiger partial charge is 0.308 e. The minimum Gasteiger partial charge on any atom is -0.308 e. The molecule has 14 heavy (non-hydrogen) atoms. The van der Waals surface area contributed by atoms with E-state index in [1.807, 2.05) is 0 Å². The number of fused-ring (bicyclic) bond motifs is 1. The molecule has 0 amide bonds. The predicted octanol–water partition coefficient (Wildman–Crippen LogP) is 0.757. The van der Waals surface area contributed by atoms with E-state index in [1.165, 1.54) is 0 Å². The van der Waals surface area contributed by atoms with Crippen LogP contribution in [0.3, 0.4) is 0 Å². The molecule has 0 spiro atoms. The molecule has 2 N–H and O–H groups in total. The number of aromatic nitrogens is 2. The zero-order chi connectivity index (χ0) is 9.97. The van der Waals surface area contributed by atoms with E-state index in [0.29, 0.717) is 6.04 Å². The smallest absolute Gasteiger partial charge is 0.264 e. The SMILES string of the molecule is CCCC1NCCc2cc(=O)[nH]nc21. The summed E-state index contributed by atoms with van der Waals surface area (Å²) in [5.41, 5.74) is 2.03. The summed E-state index contributed by atoms with van der Waals surface area (Å²) in [6, 6.07) is 1.99. The molecule has 2 heterocycles. The number of aromatic amines is 1. The first-order chi connectivity index (χ1) is 6.81. The first-order valence-corrected chi connectivity index (χ1v) is 5.13. The molecule has 1 atom stereocenters. The van der Waals surface area contributed by atoms with Gasteiger partial charge in [-0.05, 0) is 24.9 Å². The molecule has 4 nitrogen and oxygen atoms in total. The summed E-state index contributed by atoms with van der Waals surface area (Å²) in [5, 5.41) is 10.0. The summed E-state index contributed by atoms with van der Waals surface area (Å²) in [6.07, 6.45) is 3.11. The Labute approximate surface area is 82.7 Å². The molecule has 0 aromatic carbocycles. The highest BCUT2D eigenvalue weighted by Crippen LogP contribution is 2.22. The van der Waals surface area contributed by atoms with E-state index < -0.39 is 0 Å². The van der Waals surface area contributed by atoms with Crippen LogP contribution in [0.15, 0.2) is 10.9 Å². The van der Waals surface area contributed by atoms with Crippen LogP contribution in [-0.2, 0) is 6.42 Å². The molecular weight excluding hydrogens is 178 g/mol. The zero-order valence-electron chi connectivity index (χ0n) is 8.34. The van der Waals surface area contributed by atoms with Gasteiger partial charge in [0, 0.05) is 6.07 Å². The minimum absolute atomic E-state index is 0.0964. The number of H-pyrrole nitrogens is 1. The third-order valence-electron chi connectivity index (χ3n) is 2.61. The van der Waals surface area contributed by atoms with Gasteiger partial charge in [-0.1, -0.05) is 13.3 Å². The molecule has 1 aromatic heterocycles. The van der Waals surface area contributed by atoms with E-state index in [9.17, 15) is 4.79 Å². The minimum atomic E-state index is -0.0964. The van der Waals surface area contributed by atoms with Crippen molar-refractivity contribution < 1.29 is 0 Å². The van der Waals surface area contributed by atoms with Crippen molar-refractivity contribution in [1.29, 1.82) is 0 Å². The lowest BCUT2D eigenvalue weighted by Gasteiger charge is -2.24. The maximum Gasteiger partial charge on any atom is 0.264 e. The fraction of sp³-hybridized carbons (Fsp3) is 0.600. The summed E-state index contributed by atoms with van der Waals surface area (Å²) >= 11 is 0. The van der Waals surface area contributed by atoms with Crippen LogP contribution in [0.1, 0.15) is 37.1 Å². The van der Waals surface area contributed by atoms with Crippen molar-refractivity contribution in [3.8, 4) is 0 Å². The van der Waals surface area contributed by atoms with E-state index in [0.717, 1.165) is 37.1 Å². The van der Waals surface area contributed by atoms with Crippen LogP contribution < -0.4 is 10.9 Å². The third-order valence-corrected chi connectivity index (χ3v) is 2.61. The average molecular weight is 193 g/mol. The van der Waals surface area contributed by atoms with Crippen LogP contribution in [0.2, 0.25) is 0 Å². The number of nitrogens with zero attached hydrogens (tertiary/aromatic N) is 1. The van der Waals surface area contributed by atoms with Gasteiger partial charge in [0.25, 0.3) is 5.56 Å². The maximum atomic E-state index is 11.1. The first-order valence-electron chi connectivity index (χ1n) is 5.13. The van der Waals surface area contributed by atoms with Crippen molar-refractivity contribution in [2.45, 2.75) is 32.2 Å². The van der Waals surface area contributed by atoms with E-state index in [-0.39, 0.29) is 5.56 Å². The van der Waals surface area contributed by atoms with E-state index in [4.69, 9.17) is 0 Å². The zero-order valence-corrected chi connectivity index (χ0v) is 8.34. The van der Waals surface area contributed by atoms with Gasteiger partial charge in [-0.2, -0.15) is 5.10 Å². The second kappa shape index (κ2) is 3.92. The van der Waals surface area contributed by atoms with E-state index >= 15 is 0 Å². The number of nitrogens with one attached hydrogen (secondary N) is 2. The summed E-state index contributed by atoms with van der Waals surface area (Å²) in [7, 11) is 0. The molecule has 1 aliphatic heterocycles. The fourth-order valence-electron chi connectivity index (χ4n) is 1.96. The Bertz CT molecular complexity index is 372. The second-order valence-electron chi connectivity index (χ2n) is 3.69. The molecule has 2 rings (SSSR count).